The highest BCUT2D eigenvalue weighted by molar-refractivity contribution is 5.76. The Balaban J connectivity index is 1.49. The Hall–Kier alpha value is -3.15. The van der Waals surface area contributed by atoms with E-state index in [1.165, 1.54) is 5.56 Å². The van der Waals surface area contributed by atoms with Crippen molar-refractivity contribution in [2.24, 2.45) is 0 Å². The lowest BCUT2D eigenvalue weighted by Gasteiger charge is -2.06. The Morgan fingerprint density at radius 3 is 2.67 bits per heavy atom. The molecule has 6 heteroatoms. The number of nitrogens with one attached hydrogen (secondary N) is 1. The lowest BCUT2D eigenvalue weighted by atomic mass is 10.1. The van der Waals surface area contributed by atoms with Gasteiger partial charge in [0.05, 0.1) is 12.2 Å². The van der Waals surface area contributed by atoms with Gasteiger partial charge in [0.25, 0.3) is 0 Å². The number of aromatic nitrogens is 2. The van der Waals surface area contributed by atoms with Gasteiger partial charge in [0, 0.05) is 19.4 Å². The second-order valence-electron chi connectivity index (χ2n) is 6.03. The SMILES string of the molecule is CCOc1ccccc1-c1noc(CCC(=O)NCCc2ccccc2)n1. The van der Waals surface area contributed by atoms with Crippen molar-refractivity contribution in [3.8, 4) is 17.1 Å². The summed E-state index contributed by atoms with van der Waals surface area (Å²) >= 11 is 0. The molecule has 0 aliphatic carbocycles. The zero-order valence-corrected chi connectivity index (χ0v) is 15.4. The Bertz CT molecular complexity index is 862. The van der Waals surface area contributed by atoms with E-state index >= 15 is 0 Å². The van der Waals surface area contributed by atoms with Crippen molar-refractivity contribution in [3.05, 3.63) is 66.1 Å². The normalized spacial score (nSPS) is 10.6. The van der Waals surface area contributed by atoms with Crippen molar-refractivity contribution >= 4 is 5.91 Å². The highest BCUT2D eigenvalue weighted by Gasteiger charge is 2.14. The van der Waals surface area contributed by atoms with E-state index in [1.807, 2.05) is 61.5 Å². The zero-order chi connectivity index (χ0) is 18.9. The molecule has 0 saturated heterocycles. The number of benzene rings is 2. The van der Waals surface area contributed by atoms with Gasteiger partial charge in [0.1, 0.15) is 5.75 Å². The minimum atomic E-state index is -0.0274. The standard InChI is InChI=1S/C21H23N3O3/c1-2-26-18-11-7-6-10-17(18)21-23-20(27-24-21)13-12-19(25)22-15-14-16-8-4-3-5-9-16/h3-11H,2,12-15H2,1H3,(H,22,25). The second-order valence-corrected chi connectivity index (χ2v) is 6.03. The fourth-order valence-corrected chi connectivity index (χ4v) is 2.70. The first-order chi connectivity index (χ1) is 13.3. The molecule has 0 bridgehead atoms. The van der Waals surface area contributed by atoms with Gasteiger partial charge in [-0.05, 0) is 31.0 Å². The van der Waals surface area contributed by atoms with Crippen LogP contribution in [0.5, 0.6) is 5.75 Å². The van der Waals surface area contributed by atoms with Gasteiger partial charge in [-0.1, -0.05) is 47.6 Å². The Labute approximate surface area is 158 Å². The first-order valence-corrected chi connectivity index (χ1v) is 9.11. The molecule has 6 nitrogen and oxygen atoms in total. The molecule has 140 valence electrons. The molecule has 0 aliphatic rings. The Kier molecular flexibility index (Phi) is 6.57. The fraction of sp³-hybridized carbons (Fsp3) is 0.286. The maximum Gasteiger partial charge on any atom is 0.227 e. The average molecular weight is 365 g/mol. The first-order valence-electron chi connectivity index (χ1n) is 9.11. The monoisotopic (exact) mass is 365 g/mol. The average Bonchev–Trinajstić information content (AvgIpc) is 3.17. The molecule has 1 N–H and O–H groups in total. The molecule has 0 aliphatic heterocycles. The smallest absolute Gasteiger partial charge is 0.227 e. The summed E-state index contributed by atoms with van der Waals surface area (Å²) in [5, 5.41) is 6.93. The third kappa shape index (κ3) is 5.41. The minimum Gasteiger partial charge on any atom is -0.493 e. The maximum atomic E-state index is 12.0. The lowest BCUT2D eigenvalue weighted by molar-refractivity contribution is -0.121. The molecule has 0 saturated carbocycles. The summed E-state index contributed by atoms with van der Waals surface area (Å²) in [6.07, 6.45) is 1.52. The van der Waals surface area contributed by atoms with Gasteiger partial charge in [0.15, 0.2) is 0 Å². The van der Waals surface area contributed by atoms with E-state index in [4.69, 9.17) is 9.26 Å². The van der Waals surface area contributed by atoms with Crippen molar-refractivity contribution in [2.75, 3.05) is 13.2 Å². The van der Waals surface area contributed by atoms with Gasteiger partial charge in [-0.3, -0.25) is 4.79 Å². The van der Waals surface area contributed by atoms with E-state index in [9.17, 15) is 4.79 Å². The van der Waals surface area contributed by atoms with E-state index in [0.717, 1.165) is 12.0 Å². The predicted molar refractivity (Wildman–Crippen MR) is 102 cm³/mol. The van der Waals surface area contributed by atoms with Crippen LogP contribution in [0.25, 0.3) is 11.4 Å². The van der Waals surface area contributed by atoms with Crippen molar-refractivity contribution in [1.82, 2.24) is 15.5 Å². The molecule has 2 aromatic carbocycles. The molecule has 3 aromatic rings. The quantitative estimate of drug-likeness (QED) is 0.629. The van der Waals surface area contributed by atoms with Gasteiger partial charge >= 0.3 is 0 Å². The summed E-state index contributed by atoms with van der Waals surface area (Å²) in [5.41, 5.74) is 1.98. The largest absolute Gasteiger partial charge is 0.493 e. The van der Waals surface area contributed by atoms with Crippen LogP contribution in [0.3, 0.4) is 0 Å². The maximum absolute atomic E-state index is 12.0. The van der Waals surface area contributed by atoms with Gasteiger partial charge < -0.3 is 14.6 Å². The van der Waals surface area contributed by atoms with Gasteiger partial charge in [-0.25, -0.2) is 0 Å². The minimum absolute atomic E-state index is 0.0274. The molecule has 0 fully saturated rings. The number of carbonyl (C=O) groups excluding carboxylic acids is 1. The van der Waals surface area contributed by atoms with Crippen molar-refractivity contribution < 1.29 is 14.1 Å². The molecule has 0 radical (unpaired) electrons. The lowest BCUT2D eigenvalue weighted by Crippen LogP contribution is -2.25. The molecule has 0 atom stereocenters. The number of nitrogens with zero attached hydrogens (tertiary/aromatic N) is 2. The number of ether oxygens (including phenoxy) is 1. The molecule has 0 unspecified atom stereocenters. The fourth-order valence-electron chi connectivity index (χ4n) is 2.70. The van der Waals surface area contributed by atoms with Crippen LogP contribution in [0, 0.1) is 0 Å². The first kappa shape index (κ1) is 18.6. The molecular formula is C21H23N3O3. The molecule has 1 aromatic heterocycles. The molecule has 27 heavy (non-hydrogen) atoms. The van der Waals surface area contributed by atoms with E-state index in [-0.39, 0.29) is 5.91 Å². The van der Waals surface area contributed by atoms with E-state index in [1.54, 1.807) is 0 Å². The van der Waals surface area contributed by atoms with Crippen LogP contribution >= 0.6 is 0 Å². The summed E-state index contributed by atoms with van der Waals surface area (Å²) in [6.45, 7) is 3.10. The topological polar surface area (TPSA) is 77.2 Å². The number of amides is 1. The highest BCUT2D eigenvalue weighted by atomic mass is 16.5. The van der Waals surface area contributed by atoms with Crippen LogP contribution in [0.2, 0.25) is 0 Å². The van der Waals surface area contributed by atoms with Gasteiger partial charge in [-0.2, -0.15) is 4.98 Å². The summed E-state index contributed by atoms with van der Waals surface area (Å²) in [4.78, 5) is 16.4. The predicted octanol–water partition coefficient (Wildman–Crippen LogP) is 3.43. The number of carbonyl (C=O) groups is 1. The molecule has 1 heterocycles. The summed E-state index contributed by atoms with van der Waals surface area (Å²) in [5.74, 6) is 1.60. The summed E-state index contributed by atoms with van der Waals surface area (Å²) < 4.78 is 10.9. The van der Waals surface area contributed by atoms with Gasteiger partial charge in [-0.15, -0.1) is 0 Å². The number of rotatable bonds is 9. The molecule has 3 rings (SSSR count). The van der Waals surface area contributed by atoms with Crippen molar-refractivity contribution in [2.45, 2.75) is 26.2 Å². The number of para-hydroxylation sites is 1. The van der Waals surface area contributed by atoms with Crippen molar-refractivity contribution in [1.29, 1.82) is 0 Å². The van der Waals surface area contributed by atoms with Crippen LogP contribution in [-0.2, 0) is 17.6 Å². The van der Waals surface area contributed by atoms with Crippen LogP contribution in [0.15, 0.2) is 59.1 Å². The van der Waals surface area contributed by atoms with Crippen LogP contribution < -0.4 is 10.1 Å². The van der Waals surface area contributed by atoms with E-state index in [2.05, 4.69) is 15.5 Å². The van der Waals surface area contributed by atoms with Gasteiger partial charge in [0.2, 0.25) is 17.6 Å². The third-order valence-corrected chi connectivity index (χ3v) is 4.04. The Morgan fingerprint density at radius 1 is 1.07 bits per heavy atom. The van der Waals surface area contributed by atoms with Crippen LogP contribution in [-0.4, -0.2) is 29.2 Å². The number of hydrogen-bond donors (Lipinski definition) is 1. The van der Waals surface area contributed by atoms with E-state index < -0.39 is 0 Å². The number of hydrogen-bond acceptors (Lipinski definition) is 5. The zero-order valence-electron chi connectivity index (χ0n) is 15.4. The summed E-state index contributed by atoms with van der Waals surface area (Å²) in [7, 11) is 0. The second kappa shape index (κ2) is 9.52. The third-order valence-electron chi connectivity index (χ3n) is 4.04. The Morgan fingerprint density at radius 2 is 1.85 bits per heavy atom. The van der Waals surface area contributed by atoms with Crippen LogP contribution in [0.4, 0.5) is 0 Å². The molecule has 1 amide bonds. The highest BCUT2D eigenvalue weighted by Crippen LogP contribution is 2.27. The molecule has 0 spiro atoms. The molecular weight excluding hydrogens is 342 g/mol. The van der Waals surface area contributed by atoms with E-state index in [0.29, 0.717) is 43.5 Å². The number of aryl methyl sites for hydroxylation is 1. The van der Waals surface area contributed by atoms with Crippen molar-refractivity contribution in [3.63, 3.8) is 0 Å². The van der Waals surface area contributed by atoms with Crippen LogP contribution in [0.1, 0.15) is 24.8 Å². The summed E-state index contributed by atoms with van der Waals surface area (Å²) in [6, 6.07) is 17.6.